The molecule has 0 aliphatic rings. The van der Waals surface area contributed by atoms with E-state index in [4.69, 9.17) is 9.47 Å². The third-order valence-corrected chi connectivity index (χ3v) is 3.03. The summed E-state index contributed by atoms with van der Waals surface area (Å²) in [5, 5.41) is 4.16. The molecule has 2 aromatic rings. The van der Waals surface area contributed by atoms with E-state index in [-0.39, 0.29) is 23.6 Å². The molecule has 0 fully saturated rings. The first kappa shape index (κ1) is 19.6. The van der Waals surface area contributed by atoms with Crippen LogP contribution in [0.2, 0.25) is 0 Å². The molecular formula is C18H21F2N3O3. The Balaban J connectivity index is 2.25. The minimum Gasteiger partial charge on any atom is -0.491 e. The van der Waals surface area contributed by atoms with Gasteiger partial charge < -0.3 is 9.47 Å². The maximum atomic E-state index is 13.1. The molecule has 0 atom stereocenters. The second-order valence-electron chi connectivity index (χ2n) is 6.11. The lowest BCUT2D eigenvalue weighted by Gasteiger charge is -2.12. The number of aromatic nitrogens is 3. The van der Waals surface area contributed by atoms with Crippen LogP contribution in [0, 0.1) is 0 Å². The number of hydrogen-bond donors (Lipinski definition) is 0. The van der Waals surface area contributed by atoms with Gasteiger partial charge in [0.05, 0.1) is 12.2 Å². The molecular weight excluding hydrogens is 344 g/mol. The average Bonchev–Trinajstić information content (AvgIpc) is 3.00. The molecule has 0 bridgehead atoms. The molecule has 6 nitrogen and oxygen atoms in total. The van der Waals surface area contributed by atoms with Crippen molar-refractivity contribution >= 4 is 12.2 Å². The molecule has 8 heteroatoms. The number of hydrogen-bond acceptors (Lipinski definition) is 5. The van der Waals surface area contributed by atoms with Gasteiger partial charge in [-0.3, -0.25) is 0 Å². The molecule has 140 valence electrons. The van der Waals surface area contributed by atoms with Crippen molar-refractivity contribution in [1.29, 1.82) is 0 Å². The Labute approximate surface area is 150 Å². The number of halogens is 2. The van der Waals surface area contributed by atoms with Crippen LogP contribution in [0.4, 0.5) is 8.78 Å². The van der Waals surface area contributed by atoms with Gasteiger partial charge in [-0.25, -0.2) is 23.2 Å². The first-order valence-electron chi connectivity index (χ1n) is 8.14. The van der Waals surface area contributed by atoms with E-state index >= 15 is 0 Å². The summed E-state index contributed by atoms with van der Waals surface area (Å²) in [6.45, 7) is 7.10. The monoisotopic (exact) mass is 365 g/mol. The van der Waals surface area contributed by atoms with Crippen molar-refractivity contribution in [3.63, 3.8) is 0 Å². The van der Waals surface area contributed by atoms with Crippen molar-refractivity contribution in [2.75, 3.05) is 0 Å². The largest absolute Gasteiger partial charge is 0.491 e. The first-order valence-corrected chi connectivity index (χ1v) is 8.14. The number of nitrogens with zero attached hydrogens (tertiary/aromatic N) is 3. The third kappa shape index (κ3) is 5.65. The molecule has 0 N–H and O–H groups in total. The van der Waals surface area contributed by atoms with Crippen LogP contribution < -0.4 is 4.74 Å². The molecule has 0 radical (unpaired) electrons. The van der Waals surface area contributed by atoms with E-state index in [1.807, 2.05) is 13.8 Å². The Morgan fingerprint density at radius 3 is 2.50 bits per heavy atom. The zero-order chi connectivity index (χ0) is 19.3. The Hall–Kier alpha value is -2.77. The minimum atomic E-state index is -2.64. The molecule has 1 aromatic carbocycles. The van der Waals surface area contributed by atoms with Gasteiger partial charge in [-0.2, -0.15) is 0 Å². The molecule has 0 amide bonds. The normalized spacial score (nSPS) is 11.7. The fraction of sp³-hybridized carbons (Fsp3) is 0.389. The minimum absolute atomic E-state index is 0.156. The number of carbonyl (C=O) groups excluding carboxylic acids is 1. The maximum Gasteiger partial charge on any atom is 0.332 e. The maximum absolute atomic E-state index is 13.1. The quantitative estimate of drug-likeness (QED) is 0.546. The van der Waals surface area contributed by atoms with Crippen LogP contribution in [0.25, 0.3) is 17.6 Å². The number of carbonyl (C=O) groups is 1. The molecule has 0 saturated carbocycles. The second kappa shape index (κ2) is 8.55. The number of esters is 1. The van der Waals surface area contributed by atoms with Gasteiger partial charge in [0.25, 0.3) is 6.43 Å². The number of rotatable bonds is 7. The van der Waals surface area contributed by atoms with Gasteiger partial charge in [0.2, 0.25) is 0 Å². The summed E-state index contributed by atoms with van der Waals surface area (Å²) in [6, 6.07) is 4.21. The highest BCUT2D eigenvalue weighted by Gasteiger charge is 2.14. The van der Waals surface area contributed by atoms with Gasteiger partial charge in [-0.15, -0.1) is 5.10 Å². The summed E-state index contributed by atoms with van der Waals surface area (Å²) in [6.07, 6.45) is 0.931. The summed E-state index contributed by atoms with van der Waals surface area (Å²) in [5.74, 6) is 0.0487. The fourth-order valence-electron chi connectivity index (χ4n) is 2.11. The van der Waals surface area contributed by atoms with Crippen molar-refractivity contribution in [2.45, 2.75) is 46.3 Å². The van der Waals surface area contributed by atoms with Crippen LogP contribution in [-0.2, 0) is 9.53 Å². The second-order valence-corrected chi connectivity index (χ2v) is 6.11. The van der Waals surface area contributed by atoms with Crippen LogP contribution in [0.1, 0.15) is 39.7 Å². The van der Waals surface area contributed by atoms with E-state index in [2.05, 4.69) is 10.1 Å². The van der Waals surface area contributed by atoms with Gasteiger partial charge in [-0.05, 0) is 45.9 Å². The fourth-order valence-corrected chi connectivity index (χ4v) is 2.11. The van der Waals surface area contributed by atoms with Crippen LogP contribution >= 0.6 is 0 Å². The molecule has 26 heavy (non-hydrogen) atoms. The summed E-state index contributed by atoms with van der Waals surface area (Å²) in [4.78, 5) is 15.6. The average molecular weight is 365 g/mol. The predicted molar refractivity (Wildman–Crippen MR) is 92.7 cm³/mol. The summed E-state index contributed by atoms with van der Waals surface area (Å²) < 4.78 is 38.1. The van der Waals surface area contributed by atoms with Gasteiger partial charge in [0.1, 0.15) is 12.1 Å². The van der Waals surface area contributed by atoms with E-state index < -0.39 is 12.4 Å². The van der Waals surface area contributed by atoms with Gasteiger partial charge in [0, 0.05) is 23.4 Å². The van der Waals surface area contributed by atoms with E-state index in [0.717, 1.165) is 0 Å². The number of benzene rings is 1. The zero-order valence-electron chi connectivity index (χ0n) is 15.0. The van der Waals surface area contributed by atoms with E-state index in [0.29, 0.717) is 11.3 Å². The SMILES string of the molecule is CC(C)OC(=O)/C=C/n1cnc(-c2cc(OC(C)C)cc(C(F)F)c2)n1. The summed E-state index contributed by atoms with van der Waals surface area (Å²) in [5.41, 5.74) is 0.223. The van der Waals surface area contributed by atoms with Crippen LogP contribution in [0.5, 0.6) is 5.75 Å². The molecule has 0 aliphatic carbocycles. The summed E-state index contributed by atoms with van der Waals surface area (Å²) in [7, 11) is 0. The third-order valence-electron chi connectivity index (χ3n) is 3.03. The topological polar surface area (TPSA) is 66.2 Å². The standard InChI is InChI=1S/C18H21F2N3O3/c1-11(2)25-15-8-13(17(19)20)7-14(9-15)18-21-10-23(22-18)6-5-16(24)26-12(3)4/h5-12,17H,1-4H3/b6-5+. The Morgan fingerprint density at radius 2 is 1.88 bits per heavy atom. The van der Waals surface area contributed by atoms with E-state index in [9.17, 15) is 13.6 Å². The lowest BCUT2D eigenvalue weighted by atomic mass is 10.1. The van der Waals surface area contributed by atoms with Gasteiger partial charge in [0.15, 0.2) is 5.82 Å². The molecule has 1 aromatic heterocycles. The van der Waals surface area contributed by atoms with Crippen LogP contribution in [0.3, 0.4) is 0 Å². The van der Waals surface area contributed by atoms with Crippen molar-refractivity contribution in [1.82, 2.24) is 14.8 Å². The van der Waals surface area contributed by atoms with Crippen molar-refractivity contribution < 1.29 is 23.0 Å². The van der Waals surface area contributed by atoms with Crippen molar-refractivity contribution in [3.05, 3.63) is 36.2 Å². The van der Waals surface area contributed by atoms with E-state index in [1.165, 1.54) is 35.4 Å². The number of ether oxygens (including phenoxy) is 2. The molecule has 2 rings (SSSR count). The Kier molecular flexibility index (Phi) is 6.43. The molecule has 0 aliphatic heterocycles. The Bertz CT molecular complexity index is 786. The van der Waals surface area contributed by atoms with Crippen LogP contribution in [0.15, 0.2) is 30.6 Å². The molecule has 0 spiro atoms. The smallest absolute Gasteiger partial charge is 0.332 e. The highest BCUT2D eigenvalue weighted by molar-refractivity contribution is 5.85. The molecule has 0 unspecified atom stereocenters. The molecule has 1 heterocycles. The summed E-state index contributed by atoms with van der Waals surface area (Å²) >= 11 is 0. The van der Waals surface area contributed by atoms with Gasteiger partial charge in [-0.1, -0.05) is 0 Å². The van der Waals surface area contributed by atoms with Crippen molar-refractivity contribution in [3.8, 4) is 17.1 Å². The Morgan fingerprint density at radius 1 is 1.15 bits per heavy atom. The number of alkyl halides is 2. The van der Waals surface area contributed by atoms with Gasteiger partial charge >= 0.3 is 5.97 Å². The highest BCUT2D eigenvalue weighted by Crippen LogP contribution is 2.29. The van der Waals surface area contributed by atoms with E-state index in [1.54, 1.807) is 19.9 Å². The lowest BCUT2D eigenvalue weighted by Crippen LogP contribution is -2.08. The first-order chi connectivity index (χ1) is 12.2. The predicted octanol–water partition coefficient (Wildman–Crippen LogP) is 4.09. The highest BCUT2D eigenvalue weighted by atomic mass is 19.3. The molecule has 0 saturated heterocycles. The lowest BCUT2D eigenvalue weighted by molar-refractivity contribution is -0.141. The van der Waals surface area contributed by atoms with Crippen LogP contribution in [-0.4, -0.2) is 32.9 Å². The van der Waals surface area contributed by atoms with Crippen molar-refractivity contribution in [2.24, 2.45) is 0 Å². The zero-order valence-corrected chi connectivity index (χ0v) is 15.0.